The lowest BCUT2D eigenvalue weighted by Crippen LogP contribution is -2.58. The number of nitrogens with zero attached hydrogens (tertiary/aromatic N) is 6. The van der Waals surface area contributed by atoms with E-state index in [1.807, 2.05) is 76.2 Å². The van der Waals surface area contributed by atoms with Crippen LogP contribution in [-0.4, -0.2) is 125 Å². The summed E-state index contributed by atoms with van der Waals surface area (Å²) in [7, 11) is 0. The molecule has 3 aliphatic rings. The zero-order valence-electron chi connectivity index (χ0n) is 42.0. The molecular weight excluding hydrogens is 982 g/mol. The monoisotopic (exact) mass is 1040 g/mol. The number of thiazole rings is 1. The van der Waals surface area contributed by atoms with Gasteiger partial charge in [0.15, 0.2) is 5.11 Å². The number of amides is 4. The van der Waals surface area contributed by atoms with Gasteiger partial charge in [-0.05, 0) is 124 Å². The van der Waals surface area contributed by atoms with Crippen molar-refractivity contribution in [2.45, 2.75) is 110 Å². The van der Waals surface area contributed by atoms with E-state index in [0.717, 1.165) is 76.8 Å². The highest BCUT2D eigenvalue weighted by Gasteiger charge is 2.51. The van der Waals surface area contributed by atoms with Gasteiger partial charge in [0.25, 0.3) is 5.91 Å². The lowest BCUT2D eigenvalue weighted by molar-refractivity contribution is -0.144. The molecule has 0 saturated carbocycles. The summed E-state index contributed by atoms with van der Waals surface area (Å²) in [5.41, 5.74) is 2.83. The molecular formula is C53H63F3N8O7S2. The number of aliphatic hydroxyl groups is 1. The summed E-state index contributed by atoms with van der Waals surface area (Å²) in [5, 5.41) is 25.6. The summed E-state index contributed by atoms with van der Waals surface area (Å²) in [6, 6.07) is 18.5. The molecule has 3 aromatic carbocycles. The molecule has 0 spiro atoms. The number of carbonyl (C=O) groups is 4. The Morgan fingerprint density at radius 2 is 1.66 bits per heavy atom. The minimum atomic E-state index is -4.79. The lowest BCUT2D eigenvalue weighted by atomic mass is 9.85. The molecule has 3 saturated heterocycles. The molecule has 1 aromatic heterocycles. The van der Waals surface area contributed by atoms with Crippen molar-refractivity contribution in [2.24, 2.45) is 5.41 Å². The summed E-state index contributed by atoms with van der Waals surface area (Å²) >= 11 is 7.27. The molecule has 0 aliphatic carbocycles. The maximum absolute atomic E-state index is 14.0. The van der Waals surface area contributed by atoms with E-state index in [2.05, 4.69) is 20.5 Å². The Balaban J connectivity index is 0.793. The largest absolute Gasteiger partial charge is 0.417 e. The van der Waals surface area contributed by atoms with Gasteiger partial charge in [0, 0.05) is 45.0 Å². The van der Waals surface area contributed by atoms with Gasteiger partial charge in [-0.2, -0.15) is 18.4 Å². The molecule has 15 nitrogen and oxygen atoms in total. The van der Waals surface area contributed by atoms with E-state index in [0.29, 0.717) is 31.2 Å². The molecule has 0 bridgehead atoms. The maximum atomic E-state index is 14.0. The number of alkyl halides is 3. The van der Waals surface area contributed by atoms with E-state index < -0.39 is 64.2 Å². The topological polar surface area (TPSA) is 181 Å². The molecule has 4 amide bonds. The molecule has 4 heterocycles. The van der Waals surface area contributed by atoms with Crippen LogP contribution in [0.25, 0.3) is 10.4 Å². The number of likely N-dealkylation sites (tertiary alicyclic amines) is 2. The number of nitrogens with one attached hydrogen (secondary N) is 2. The van der Waals surface area contributed by atoms with Crippen molar-refractivity contribution >= 4 is 63.7 Å². The molecule has 73 heavy (non-hydrogen) atoms. The predicted molar refractivity (Wildman–Crippen MR) is 276 cm³/mol. The van der Waals surface area contributed by atoms with Crippen LogP contribution in [-0.2, 0) is 41.4 Å². The highest BCUT2D eigenvalue weighted by molar-refractivity contribution is 7.81. The smallest absolute Gasteiger partial charge is 0.391 e. The first-order valence-corrected chi connectivity index (χ1v) is 25.7. The minimum absolute atomic E-state index is 0.0256. The first-order chi connectivity index (χ1) is 34.6. The second-order valence-electron chi connectivity index (χ2n) is 20.3. The average Bonchev–Trinajstić information content (AvgIpc) is 4.02. The number of carbonyl (C=O) groups excluding carboxylic acids is 4. The van der Waals surface area contributed by atoms with E-state index in [1.165, 1.54) is 11.0 Å². The van der Waals surface area contributed by atoms with Gasteiger partial charge in [-0.25, -0.2) is 4.98 Å². The van der Waals surface area contributed by atoms with Gasteiger partial charge in [-0.3, -0.25) is 24.1 Å². The SMILES string of the molecule is Cc1ncsc1-c1ccc(CNC(=O)C2CC(O)CN2C(=O)C(NC(=O)COCCCOCCN2CCC(c3ccc(N4C(=S)N(c5ccc(C#N)c(C(F)(F)F)c5)C(=O)C4(C)C)cc3)CC2)C(C)(C)C)cc1. The first-order valence-electron chi connectivity index (χ1n) is 24.4. The minimum Gasteiger partial charge on any atom is -0.391 e. The number of ether oxygens (including phenoxy) is 2. The number of hydrogen-bond donors (Lipinski definition) is 3. The highest BCUT2D eigenvalue weighted by Crippen LogP contribution is 2.41. The zero-order chi connectivity index (χ0) is 52.8. The number of aliphatic hydroxyl groups excluding tert-OH is 1. The molecule has 3 fully saturated rings. The van der Waals surface area contributed by atoms with Crippen LogP contribution in [0.2, 0.25) is 0 Å². The number of halogens is 3. The zero-order valence-corrected chi connectivity index (χ0v) is 43.6. The van der Waals surface area contributed by atoms with Crippen molar-refractivity contribution in [3.05, 3.63) is 100 Å². The van der Waals surface area contributed by atoms with E-state index in [9.17, 15) is 42.7 Å². The number of anilines is 2. The summed E-state index contributed by atoms with van der Waals surface area (Å²) in [4.78, 5) is 66.0. The second-order valence-corrected chi connectivity index (χ2v) is 21.5. The molecule has 3 aliphatic heterocycles. The van der Waals surface area contributed by atoms with Crippen LogP contribution in [0.5, 0.6) is 0 Å². The molecule has 20 heteroatoms. The van der Waals surface area contributed by atoms with Crippen LogP contribution in [0.3, 0.4) is 0 Å². The number of aromatic nitrogens is 1. The fraction of sp³-hybridized carbons (Fsp3) is 0.491. The van der Waals surface area contributed by atoms with Gasteiger partial charge in [-0.1, -0.05) is 57.2 Å². The third-order valence-corrected chi connectivity index (χ3v) is 15.0. The predicted octanol–water partition coefficient (Wildman–Crippen LogP) is 7.34. The van der Waals surface area contributed by atoms with Crippen molar-refractivity contribution in [2.75, 3.05) is 62.4 Å². The van der Waals surface area contributed by atoms with E-state index in [1.54, 1.807) is 41.7 Å². The summed E-state index contributed by atoms with van der Waals surface area (Å²) in [6.07, 6.45) is -3.17. The number of benzene rings is 3. The Morgan fingerprint density at radius 1 is 0.986 bits per heavy atom. The van der Waals surface area contributed by atoms with Crippen LogP contribution in [0.1, 0.15) is 94.2 Å². The van der Waals surface area contributed by atoms with Crippen molar-refractivity contribution in [1.29, 1.82) is 5.26 Å². The Hall–Kier alpha value is -5.82. The van der Waals surface area contributed by atoms with Gasteiger partial charge < -0.3 is 39.9 Å². The van der Waals surface area contributed by atoms with Crippen LogP contribution < -0.4 is 20.4 Å². The van der Waals surface area contributed by atoms with Crippen molar-refractivity contribution < 1.29 is 46.9 Å². The van der Waals surface area contributed by atoms with Crippen LogP contribution in [0, 0.1) is 23.7 Å². The Labute approximate surface area is 433 Å². The molecule has 3 atom stereocenters. The van der Waals surface area contributed by atoms with Gasteiger partial charge in [0.1, 0.15) is 24.2 Å². The van der Waals surface area contributed by atoms with Gasteiger partial charge in [0.2, 0.25) is 17.7 Å². The fourth-order valence-corrected chi connectivity index (χ4v) is 10.9. The van der Waals surface area contributed by atoms with Crippen LogP contribution in [0.4, 0.5) is 24.5 Å². The maximum Gasteiger partial charge on any atom is 0.417 e. The number of nitriles is 1. The number of thiocarbonyl (C=S) groups is 1. The number of piperidine rings is 1. The molecule has 3 N–H and O–H groups in total. The Bertz CT molecular complexity index is 2680. The number of rotatable bonds is 18. The van der Waals surface area contributed by atoms with E-state index in [-0.39, 0.29) is 49.4 Å². The standard InChI is InChI=1S/C53H63F3N8O7S2/c1-33-45(73-32-59-33)37-10-8-34(9-11-37)29-58-47(67)43-27-41(65)30-62(43)48(68)46(51(2,3)4)60-44(66)31-71-24-7-23-70-25-22-61-20-18-36(19-21-61)35-12-15-39(16-13-35)64-50(72)63(49(69)52(64,5)6)40-17-14-38(28-57)42(26-40)53(54,55)56/h8-17,26,32,36,41,43,46,65H,7,18-25,27,29-31H2,1-6H3,(H,58,67)(H,60,66). The fourth-order valence-electron chi connectivity index (χ4n) is 9.55. The first kappa shape index (κ1) is 54.9. The molecule has 0 radical (unpaired) electrons. The van der Waals surface area contributed by atoms with Crippen molar-refractivity contribution in [1.82, 2.24) is 25.4 Å². The molecule has 3 unspecified atom stereocenters. The normalized spacial score (nSPS) is 19.1. The summed E-state index contributed by atoms with van der Waals surface area (Å²) in [6.45, 7) is 14.5. The van der Waals surface area contributed by atoms with E-state index >= 15 is 0 Å². The van der Waals surface area contributed by atoms with Crippen molar-refractivity contribution in [3.63, 3.8) is 0 Å². The third-order valence-electron chi connectivity index (χ3n) is 13.6. The number of hydrogen-bond acceptors (Lipinski definition) is 12. The Morgan fingerprint density at radius 3 is 2.29 bits per heavy atom. The van der Waals surface area contributed by atoms with Gasteiger partial charge >= 0.3 is 6.18 Å². The quantitative estimate of drug-likeness (QED) is 0.0668. The Kier molecular flexibility index (Phi) is 17.4. The summed E-state index contributed by atoms with van der Waals surface area (Å²) in [5.74, 6) is -1.47. The summed E-state index contributed by atoms with van der Waals surface area (Å²) < 4.78 is 52.9. The molecule has 4 aromatic rings. The van der Waals surface area contributed by atoms with Gasteiger partial charge in [-0.15, -0.1) is 11.3 Å². The average molecular weight is 1050 g/mol. The third kappa shape index (κ3) is 12.9. The molecule has 390 valence electrons. The second kappa shape index (κ2) is 23.2. The van der Waals surface area contributed by atoms with Crippen LogP contribution >= 0.6 is 23.6 Å². The lowest BCUT2D eigenvalue weighted by Gasteiger charge is -2.35. The van der Waals surface area contributed by atoms with Gasteiger partial charge in [0.05, 0.1) is 51.7 Å². The number of β-amino-alcohol motifs (C(OH)–C–C–N with tert-alkyl or cyclic N) is 1. The number of aryl methyl sites for hydroxylation is 1. The molecule has 7 rings (SSSR count). The highest BCUT2D eigenvalue weighted by atomic mass is 32.1. The van der Waals surface area contributed by atoms with Crippen molar-refractivity contribution in [3.8, 4) is 16.5 Å². The van der Waals surface area contributed by atoms with Crippen LogP contribution in [0.15, 0.2) is 72.2 Å². The van der Waals surface area contributed by atoms with E-state index in [4.69, 9.17) is 21.7 Å².